The van der Waals surface area contributed by atoms with Gasteiger partial charge in [-0.15, -0.1) is 0 Å². The molecule has 0 radical (unpaired) electrons. The largest absolute Gasteiger partial charge is 0.277 e. The van der Waals surface area contributed by atoms with Gasteiger partial charge in [-0.05, 0) is 48.5 Å². The minimum absolute atomic E-state index is 0.171. The molecule has 0 amide bonds. The Labute approximate surface area is 166 Å². The molecule has 3 aromatic rings. The molecule has 3 aromatic carbocycles. The Morgan fingerprint density at radius 3 is 1.62 bits per heavy atom. The SMILES string of the molecule is O=[N+]([O-])c1ccc(S(=O)(=O)N(c2ccccc2)S(=O)(=O)c2ccc(F)cc2)cc1. The van der Waals surface area contributed by atoms with Crippen LogP contribution in [0.4, 0.5) is 15.8 Å². The van der Waals surface area contributed by atoms with Crippen LogP contribution < -0.4 is 3.71 Å². The van der Waals surface area contributed by atoms with Crippen LogP contribution in [-0.4, -0.2) is 21.8 Å². The van der Waals surface area contributed by atoms with Gasteiger partial charge in [0.05, 0.1) is 20.4 Å². The summed E-state index contributed by atoms with van der Waals surface area (Å²) in [5.74, 6) is -0.687. The van der Waals surface area contributed by atoms with Crippen LogP contribution in [0.1, 0.15) is 0 Å². The van der Waals surface area contributed by atoms with Gasteiger partial charge in [-0.1, -0.05) is 18.2 Å². The van der Waals surface area contributed by atoms with Crippen LogP contribution in [0.25, 0.3) is 0 Å². The number of sulfonamides is 2. The van der Waals surface area contributed by atoms with E-state index in [4.69, 9.17) is 0 Å². The Balaban J connectivity index is 2.21. The van der Waals surface area contributed by atoms with Crippen molar-refractivity contribution >= 4 is 31.4 Å². The number of non-ortho nitro benzene ring substituents is 1. The van der Waals surface area contributed by atoms with Gasteiger partial charge in [0.25, 0.3) is 25.7 Å². The molecule has 0 fully saturated rings. The first-order valence-corrected chi connectivity index (χ1v) is 10.9. The Morgan fingerprint density at radius 2 is 1.17 bits per heavy atom. The Hall–Kier alpha value is -3.31. The maximum absolute atomic E-state index is 13.2. The lowest BCUT2D eigenvalue weighted by Gasteiger charge is -2.24. The summed E-state index contributed by atoms with van der Waals surface area (Å²) >= 11 is 0. The summed E-state index contributed by atoms with van der Waals surface area (Å²) in [5.41, 5.74) is -0.521. The second kappa shape index (κ2) is 7.60. The molecule has 0 atom stereocenters. The van der Waals surface area contributed by atoms with Gasteiger partial charge in [0.2, 0.25) is 0 Å². The van der Waals surface area contributed by atoms with Crippen molar-refractivity contribution in [3.8, 4) is 0 Å². The maximum atomic E-state index is 13.2. The van der Waals surface area contributed by atoms with Crippen LogP contribution >= 0.6 is 0 Å². The van der Waals surface area contributed by atoms with E-state index in [-0.39, 0.29) is 15.1 Å². The average molecular weight is 436 g/mol. The van der Waals surface area contributed by atoms with Gasteiger partial charge >= 0.3 is 0 Å². The van der Waals surface area contributed by atoms with Crippen molar-refractivity contribution in [2.24, 2.45) is 0 Å². The third-order valence-corrected chi connectivity index (χ3v) is 8.07. The predicted molar refractivity (Wildman–Crippen MR) is 103 cm³/mol. The fourth-order valence-electron chi connectivity index (χ4n) is 2.49. The molecule has 0 bridgehead atoms. The Morgan fingerprint density at radius 1 is 0.724 bits per heavy atom. The summed E-state index contributed by atoms with van der Waals surface area (Å²) in [5, 5.41) is 10.8. The van der Waals surface area contributed by atoms with Crippen molar-refractivity contribution < 1.29 is 26.1 Å². The number of para-hydroxylation sites is 1. The summed E-state index contributed by atoms with van der Waals surface area (Å²) in [7, 11) is -9.34. The number of benzene rings is 3. The van der Waals surface area contributed by atoms with E-state index in [1.165, 1.54) is 24.3 Å². The van der Waals surface area contributed by atoms with Crippen molar-refractivity contribution in [2.75, 3.05) is 3.71 Å². The van der Waals surface area contributed by atoms with Crippen molar-refractivity contribution in [1.29, 1.82) is 0 Å². The second-order valence-corrected chi connectivity index (χ2v) is 9.55. The fourth-order valence-corrected chi connectivity index (χ4v) is 6.19. The van der Waals surface area contributed by atoms with Crippen LogP contribution in [0.3, 0.4) is 0 Å². The van der Waals surface area contributed by atoms with Gasteiger partial charge in [0.15, 0.2) is 0 Å². The molecule has 0 aliphatic carbocycles. The monoisotopic (exact) mass is 436 g/mol. The molecule has 11 heteroatoms. The van der Waals surface area contributed by atoms with E-state index in [0.717, 1.165) is 48.5 Å². The zero-order valence-corrected chi connectivity index (χ0v) is 16.2. The fraction of sp³-hybridized carbons (Fsp3) is 0. The number of hydrogen-bond acceptors (Lipinski definition) is 6. The van der Waals surface area contributed by atoms with Crippen LogP contribution in [0.2, 0.25) is 0 Å². The first-order valence-electron chi connectivity index (χ1n) is 7.99. The molecular formula is C18H13FN2O6S2. The van der Waals surface area contributed by atoms with E-state index in [2.05, 4.69) is 0 Å². The molecule has 8 nitrogen and oxygen atoms in total. The third-order valence-electron chi connectivity index (χ3n) is 3.86. The number of nitrogens with zero attached hydrogens (tertiary/aromatic N) is 2. The number of rotatable bonds is 6. The zero-order chi connectivity index (χ0) is 21.2. The topological polar surface area (TPSA) is 115 Å². The molecule has 0 aliphatic rings. The molecule has 150 valence electrons. The highest BCUT2D eigenvalue weighted by molar-refractivity contribution is 8.10. The predicted octanol–water partition coefficient (Wildman–Crippen LogP) is 3.32. The molecule has 0 aliphatic heterocycles. The summed E-state index contributed by atoms with van der Waals surface area (Å²) in [4.78, 5) is 9.20. The Bertz CT molecular complexity index is 1240. The van der Waals surface area contributed by atoms with Crippen molar-refractivity contribution in [1.82, 2.24) is 0 Å². The molecule has 29 heavy (non-hydrogen) atoms. The number of nitro groups is 1. The van der Waals surface area contributed by atoms with Gasteiger partial charge < -0.3 is 0 Å². The van der Waals surface area contributed by atoms with E-state index in [0.29, 0.717) is 0 Å². The van der Waals surface area contributed by atoms with E-state index >= 15 is 0 Å². The molecule has 0 N–H and O–H groups in total. The minimum atomic E-state index is -4.68. The first kappa shape index (κ1) is 20.4. The van der Waals surface area contributed by atoms with Gasteiger partial charge in [0, 0.05) is 12.1 Å². The van der Waals surface area contributed by atoms with Crippen molar-refractivity contribution in [2.45, 2.75) is 9.79 Å². The number of anilines is 1. The minimum Gasteiger partial charge on any atom is -0.258 e. The lowest BCUT2D eigenvalue weighted by Crippen LogP contribution is -2.37. The van der Waals surface area contributed by atoms with Gasteiger partial charge in [0.1, 0.15) is 5.82 Å². The summed E-state index contributed by atoms with van der Waals surface area (Å²) in [6, 6.07) is 14.6. The summed E-state index contributed by atoms with van der Waals surface area (Å²) in [6.45, 7) is 0. The molecule has 0 spiro atoms. The van der Waals surface area contributed by atoms with Crippen molar-refractivity contribution in [3.05, 3.63) is 94.8 Å². The standard InChI is InChI=1S/C18H13FN2O6S2/c19-14-6-10-17(11-7-14)28(24,25)21(16-4-2-1-3-5-16)29(26,27)18-12-8-15(9-13-18)20(22)23/h1-13H. The Kier molecular flexibility index (Phi) is 5.36. The molecule has 3 rings (SSSR count). The van der Waals surface area contributed by atoms with E-state index in [1.54, 1.807) is 6.07 Å². The molecule has 0 saturated carbocycles. The molecule has 0 heterocycles. The quantitative estimate of drug-likeness (QED) is 0.432. The summed E-state index contributed by atoms with van der Waals surface area (Å²) < 4.78 is 66.2. The lowest BCUT2D eigenvalue weighted by atomic mass is 10.3. The van der Waals surface area contributed by atoms with Crippen LogP contribution in [0.5, 0.6) is 0 Å². The zero-order valence-electron chi connectivity index (χ0n) is 14.5. The van der Waals surface area contributed by atoms with Gasteiger partial charge in [-0.3, -0.25) is 10.1 Å². The molecule has 0 aromatic heterocycles. The highest BCUT2D eigenvalue weighted by Gasteiger charge is 2.37. The van der Waals surface area contributed by atoms with E-state index in [9.17, 15) is 31.3 Å². The van der Waals surface area contributed by atoms with Gasteiger partial charge in [-0.2, -0.15) is 3.71 Å². The smallest absolute Gasteiger partial charge is 0.258 e. The number of nitro benzene ring substituents is 1. The highest BCUT2D eigenvalue weighted by atomic mass is 32.3. The number of hydrogen-bond donors (Lipinski definition) is 0. The van der Waals surface area contributed by atoms with E-state index in [1.807, 2.05) is 0 Å². The second-order valence-electron chi connectivity index (χ2n) is 5.75. The normalized spacial score (nSPS) is 11.8. The number of halogens is 1. The van der Waals surface area contributed by atoms with E-state index < -0.39 is 40.6 Å². The van der Waals surface area contributed by atoms with Crippen LogP contribution in [-0.2, 0) is 20.0 Å². The lowest BCUT2D eigenvalue weighted by molar-refractivity contribution is -0.384. The molecule has 0 unspecified atom stereocenters. The summed E-state index contributed by atoms with van der Waals surface area (Å²) in [6.07, 6.45) is 0. The maximum Gasteiger partial charge on any atom is 0.277 e. The van der Waals surface area contributed by atoms with Crippen LogP contribution in [0, 0.1) is 15.9 Å². The highest BCUT2D eigenvalue weighted by Crippen LogP contribution is 2.31. The van der Waals surface area contributed by atoms with Crippen LogP contribution in [0.15, 0.2) is 88.7 Å². The molecular weight excluding hydrogens is 423 g/mol. The third kappa shape index (κ3) is 3.96. The van der Waals surface area contributed by atoms with Gasteiger partial charge in [-0.25, -0.2) is 21.2 Å². The average Bonchev–Trinajstić information content (AvgIpc) is 2.69. The molecule has 0 saturated heterocycles. The van der Waals surface area contributed by atoms with Crippen molar-refractivity contribution in [3.63, 3.8) is 0 Å². The first-order chi connectivity index (χ1) is 13.6.